The van der Waals surface area contributed by atoms with Crippen molar-refractivity contribution in [2.75, 3.05) is 13.1 Å². The Morgan fingerprint density at radius 1 is 1.17 bits per heavy atom. The molecule has 0 bridgehead atoms. The number of carbonyl (C=O) groups excluding carboxylic acids is 1. The minimum absolute atomic E-state index is 0.102. The number of amides is 1. The van der Waals surface area contributed by atoms with Gasteiger partial charge in [-0.25, -0.2) is 0 Å². The lowest BCUT2D eigenvalue weighted by atomic mass is 9.98. The molecule has 4 heteroatoms. The van der Waals surface area contributed by atoms with Gasteiger partial charge in [0, 0.05) is 30.7 Å². The smallest absolute Gasteiger partial charge is 0.251 e. The second kappa shape index (κ2) is 6.49. The number of rotatable bonds is 3. The van der Waals surface area contributed by atoms with Crippen molar-refractivity contribution in [1.82, 2.24) is 10.2 Å². The van der Waals surface area contributed by atoms with Gasteiger partial charge in [0.2, 0.25) is 0 Å². The first-order valence-electron chi connectivity index (χ1n) is 9.48. The molecule has 24 heavy (non-hydrogen) atoms. The van der Waals surface area contributed by atoms with E-state index in [0.29, 0.717) is 6.04 Å². The van der Waals surface area contributed by atoms with Crippen molar-refractivity contribution < 1.29 is 9.90 Å². The SMILES string of the molecule is Cc1ccc(C(=O)N[C@@H]2CCC[C@@H]2N2CCC(O)C2)c2c1CCC2. The van der Waals surface area contributed by atoms with Crippen molar-refractivity contribution >= 4 is 5.91 Å². The Balaban J connectivity index is 1.49. The zero-order chi connectivity index (χ0) is 16.7. The summed E-state index contributed by atoms with van der Waals surface area (Å²) in [5.74, 6) is 0.102. The summed E-state index contributed by atoms with van der Waals surface area (Å²) >= 11 is 0. The molecule has 1 aromatic rings. The van der Waals surface area contributed by atoms with E-state index in [0.717, 1.165) is 63.6 Å². The van der Waals surface area contributed by atoms with Crippen LogP contribution < -0.4 is 5.32 Å². The second-order valence-electron chi connectivity index (χ2n) is 7.76. The number of fused-ring (bicyclic) bond motifs is 1. The molecular weight excluding hydrogens is 300 g/mol. The molecule has 3 atom stereocenters. The predicted molar refractivity (Wildman–Crippen MR) is 94.3 cm³/mol. The molecule has 2 fully saturated rings. The van der Waals surface area contributed by atoms with Crippen molar-refractivity contribution in [2.24, 2.45) is 0 Å². The molecule has 4 rings (SSSR count). The minimum Gasteiger partial charge on any atom is -0.392 e. The van der Waals surface area contributed by atoms with E-state index in [1.807, 2.05) is 6.07 Å². The van der Waals surface area contributed by atoms with Gasteiger partial charge < -0.3 is 10.4 Å². The molecule has 1 heterocycles. The third kappa shape index (κ3) is 2.86. The van der Waals surface area contributed by atoms with Crippen LogP contribution in [-0.4, -0.2) is 47.2 Å². The second-order valence-corrected chi connectivity index (χ2v) is 7.76. The zero-order valence-electron chi connectivity index (χ0n) is 14.6. The van der Waals surface area contributed by atoms with Crippen LogP contribution in [0.4, 0.5) is 0 Å². The Kier molecular flexibility index (Phi) is 4.35. The van der Waals surface area contributed by atoms with Crippen molar-refractivity contribution in [1.29, 1.82) is 0 Å². The zero-order valence-corrected chi connectivity index (χ0v) is 14.6. The molecule has 3 aliphatic rings. The molecule has 1 unspecified atom stereocenters. The lowest BCUT2D eigenvalue weighted by Crippen LogP contribution is -2.48. The maximum absolute atomic E-state index is 12.9. The first-order chi connectivity index (χ1) is 11.6. The highest BCUT2D eigenvalue weighted by atomic mass is 16.3. The van der Waals surface area contributed by atoms with Gasteiger partial charge in [0.05, 0.1) is 6.10 Å². The van der Waals surface area contributed by atoms with E-state index in [1.54, 1.807) is 0 Å². The summed E-state index contributed by atoms with van der Waals surface area (Å²) in [6.45, 7) is 3.87. The van der Waals surface area contributed by atoms with Gasteiger partial charge in [0.25, 0.3) is 5.91 Å². The fourth-order valence-electron chi connectivity index (χ4n) is 4.96. The summed E-state index contributed by atoms with van der Waals surface area (Å²) in [7, 11) is 0. The van der Waals surface area contributed by atoms with Gasteiger partial charge >= 0.3 is 0 Å². The van der Waals surface area contributed by atoms with Crippen molar-refractivity contribution in [3.05, 3.63) is 34.4 Å². The fourth-order valence-corrected chi connectivity index (χ4v) is 4.96. The summed E-state index contributed by atoms with van der Waals surface area (Å²) in [4.78, 5) is 15.3. The number of benzene rings is 1. The fraction of sp³-hybridized carbons (Fsp3) is 0.650. The Morgan fingerprint density at radius 3 is 2.79 bits per heavy atom. The molecular formula is C20H28N2O2. The van der Waals surface area contributed by atoms with Gasteiger partial charge in [-0.15, -0.1) is 0 Å². The first-order valence-corrected chi connectivity index (χ1v) is 9.48. The van der Waals surface area contributed by atoms with Crippen LogP contribution in [0.3, 0.4) is 0 Å². The number of nitrogens with one attached hydrogen (secondary N) is 1. The van der Waals surface area contributed by atoms with Crippen LogP contribution in [0.5, 0.6) is 0 Å². The number of hydrogen-bond acceptors (Lipinski definition) is 3. The van der Waals surface area contributed by atoms with E-state index in [-0.39, 0.29) is 18.1 Å². The summed E-state index contributed by atoms with van der Waals surface area (Å²) in [5.41, 5.74) is 4.89. The topological polar surface area (TPSA) is 52.6 Å². The van der Waals surface area contributed by atoms with Crippen LogP contribution in [0.1, 0.15) is 59.2 Å². The van der Waals surface area contributed by atoms with Gasteiger partial charge in [0.15, 0.2) is 0 Å². The highest BCUT2D eigenvalue weighted by Crippen LogP contribution is 2.30. The molecule has 1 amide bonds. The quantitative estimate of drug-likeness (QED) is 0.894. The Hall–Kier alpha value is -1.39. The molecule has 1 saturated carbocycles. The summed E-state index contributed by atoms with van der Waals surface area (Å²) in [6.07, 6.45) is 7.32. The molecule has 1 aliphatic heterocycles. The Morgan fingerprint density at radius 2 is 2.00 bits per heavy atom. The molecule has 2 N–H and O–H groups in total. The number of β-amino-alcohol motifs (C(OH)–C–C–N with tert-alkyl or cyclic N) is 1. The average molecular weight is 328 g/mol. The molecule has 0 radical (unpaired) electrons. The van der Waals surface area contributed by atoms with Gasteiger partial charge in [0.1, 0.15) is 0 Å². The van der Waals surface area contributed by atoms with Crippen LogP contribution in [0.15, 0.2) is 12.1 Å². The van der Waals surface area contributed by atoms with Gasteiger partial charge in [-0.1, -0.05) is 6.07 Å². The van der Waals surface area contributed by atoms with Gasteiger partial charge in [-0.05, 0) is 74.6 Å². The summed E-state index contributed by atoms with van der Waals surface area (Å²) in [5, 5.41) is 13.1. The standard InChI is InChI=1S/C20H28N2O2/c1-13-8-9-17(16-5-2-4-15(13)16)20(24)21-18-6-3-7-19(18)22-11-10-14(23)12-22/h8-9,14,18-19,23H,2-7,10-12H2,1H3,(H,21,24)/t14?,18-,19+/m1/s1. The monoisotopic (exact) mass is 328 g/mol. The van der Waals surface area contributed by atoms with Crippen LogP contribution in [0.25, 0.3) is 0 Å². The van der Waals surface area contributed by atoms with Crippen molar-refractivity contribution in [2.45, 2.75) is 70.1 Å². The van der Waals surface area contributed by atoms with Crippen molar-refractivity contribution in [3.8, 4) is 0 Å². The van der Waals surface area contributed by atoms with E-state index in [1.165, 1.54) is 16.7 Å². The maximum atomic E-state index is 12.9. The van der Waals surface area contributed by atoms with Crippen LogP contribution in [0.2, 0.25) is 0 Å². The van der Waals surface area contributed by atoms with E-state index in [2.05, 4.69) is 23.2 Å². The highest BCUT2D eigenvalue weighted by molar-refractivity contribution is 5.96. The largest absolute Gasteiger partial charge is 0.392 e. The third-order valence-electron chi connectivity index (χ3n) is 6.22. The lowest BCUT2D eigenvalue weighted by Gasteiger charge is -2.30. The number of carbonyl (C=O) groups is 1. The first kappa shape index (κ1) is 16.1. The summed E-state index contributed by atoms with van der Waals surface area (Å²) in [6, 6.07) is 4.73. The minimum atomic E-state index is -0.192. The van der Waals surface area contributed by atoms with E-state index < -0.39 is 0 Å². The van der Waals surface area contributed by atoms with Gasteiger partial charge in [-0.3, -0.25) is 9.69 Å². The number of likely N-dealkylation sites (tertiary alicyclic amines) is 1. The van der Waals surface area contributed by atoms with E-state index >= 15 is 0 Å². The number of aliphatic hydroxyl groups is 1. The molecule has 4 nitrogen and oxygen atoms in total. The van der Waals surface area contributed by atoms with Crippen molar-refractivity contribution in [3.63, 3.8) is 0 Å². The van der Waals surface area contributed by atoms with Crippen LogP contribution in [-0.2, 0) is 12.8 Å². The number of hydrogen-bond donors (Lipinski definition) is 2. The average Bonchev–Trinajstić information content (AvgIpc) is 3.27. The van der Waals surface area contributed by atoms with E-state index in [9.17, 15) is 9.90 Å². The molecule has 1 saturated heterocycles. The normalized spacial score (nSPS) is 29.8. The molecule has 2 aliphatic carbocycles. The van der Waals surface area contributed by atoms with Crippen LogP contribution in [0, 0.1) is 6.92 Å². The molecule has 0 aromatic heterocycles. The Bertz CT molecular complexity index is 643. The third-order valence-corrected chi connectivity index (χ3v) is 6.22. The number of aliphatic hydroxyl groups excluding tert-OH is 1. The number of nitrogens with zero attached hydrogens (tertiary/aromatic N) is 1. The maximum Gasteiger partial charge on any atom is 0.251 e. The van der Waals surface area contributed by atoms with E-state index in [4.69, 9.17) is 0 Å². The molecule has 130 valence electrons. The molecule has 0 spiro atoms. The lowest BCUT2D eigenvalue weighted by molar-refractivity contribution is 0.0905. The predicted octanol–water partition coefficient (Wildman–Crippen LogP) is 2.20. The Labute approximate surface area is 144 Å². The summed E-state index contributed by atoms with van der Waals surface area (Å²) < 4.78 is 0. The molecule has 1 aromatic carbocycles. The highest BCUT2D eigenvalue weighted by Gasteiger charge is 2.36. The van der Waals surface area contributed by atoms with Crippen LogP contribution >= 0.6 is 0 Å². The van der Waals surface area contributed by atoms with Gasteiger partial charge in [-0.2, -0.15) is 0 Å². The number of aryl methyl sites for hydroxylation is 1.